The zero-order valence-electron chi connectivity index (χ0n) is 14.4. The highest BCUT2D eigenvalue weighted by Crippen LogP contribution is 2.16. The zero-order valence-corrected chi connectivity index (χ0v) is 14.4. The molecule has 3 N–H and O–H groups in total. The Labute approximate surface area is 143 Å². The molecule has 0 unspecified atom stereocenters. The van der Waals surface area contributed by atoms with Crippen molar-refractivity contribution in [3.8, 4) is 0 Å². The number of nitrogen functional groups attached to an aromatic ring is 1. The summed E-state index contributed by atoms with van der Waals surface area (Å²) in [6.07, 6.45) is 0.622. The van der Waals surface area contributed by atoms with Gasteiger partial charge in [-0.2, -0.15) is 0 Å². The summed E-state index contributed by atoms with van der Waals surface area (Å²) in [5, 5.41) is 2.81. The van der Waals surface area contributed by atoms with Gasteiger partial charge in [0, 0.05) is 19.3 Å². The van der Waals surface area contributed by atoms with Crippen molar-refractivity contribution in [2.24, 2.45) is 7.05 Å². The van der Waals surface area contributed by atoms with Gasteiger partial charge in [-0.3, -0.25) is 18.7 Å². The minimum Gasteiger partial charge on any atom is -0.384 e. The van der Waals surface area contributed by atoms with Crippen molar-refractivity contribution >= 4 is 17.3 Å². The van der Waals surface area contributed by atoms with Crippen LogP contribution in [0.1, 0.15) is 29.3 Å². The molecule has 25 heavy (non-hydrogen) atoms. The largest absolute Gasteiger partial charge is 0.384 e. The fourth-order valence-electron chi connectivity index (χ4n) is 2.53. The van der Waals surface area contributed by atoms with Crippen LogP contribution < -0.4 is 22.3 Å². The predicted octanol–water partition coefficient (Wildman–Crippen LogP) is 1.28. The summed E-state index contributed by atoms with van der Waals surface area (Å²) >= 11 is 0. The molecule has 1 heterocycles. The molecule has 0 atom stereocenters. The fourth-order valence-corrected chi connectivity index (χ4v) is 2.53. The Morgan fingerprint density at radius 3 is 2.64 bits per heavy atom. The summed E-state index contributed by atoms with van der Waals surface area (Å²) in [5.74, 6) is -1.14. The number of rotatable bonds is 6. The monoisotopic (exact) mass is 348 g/mol. The molecule has 0 spiro atoms. The van der Waals surface area contributed by atoms with Crippen LogP contribution in [0.25, 0.3) is 0 Å². The first-order valence-electron chi connectivity index (χ1n) is 7.90. The smallest absolute Gasteiger partial charge is 0.332 e. The first-order chi connectivity index (χ1) is 11.8. The Balaban J connectivity index is 2.38. The van der Waals surface area contributed by atoms with Crippen LogP contribution in [0.3, 0.4) is 0 Å². The SMILES string of the molecule is CCCn1c(N)c(C(=O)CNc2cc(F)ccc2C)c(=O)n(C)c1=O. The summed E-state index contributed by atoms with van der Waals surface area (Å²) in [7, 11) is 1.30. The van der Waals surface area contributed by atoms with Gasteiger partial charge in [0.05, 0.1) is 6.54 Å². The first-order valence-corrected chi connectivity index (χ1v) is 7.90. The van der Waals surface area contributed by atoms with Crippen LogP contribution in [-0.4, -0.2) is 21.5 Å². The molecule has 0 saturated heterocycles. The lowest BCUT2D eigenvalue weighted by molar-refractivity contribution is 0.100. The van der Waals surface area contributed by atoms with Gasteiger partial charge in [-0.25, -0.2) is 9.18 Å². The maximum atomic E-state index is 13.3. The molecule has 0 radical (unpaired) electrons. The van der Waals surface area contributed by atoms with Crippen molar-refractivity contribution in [1.29, 1.82) is 0 Å². The quantitative estimate of drug-likeness (QED) is 0.766. The molecule has 134 valence electrons. The average molecular weight is 348 g/mol. The van der Waals surface area contributed by atoms with Crippen LogP contribution in [-0.2, 0) is 13.6 Å². The number of aromatic nitrogens is 2. The van der Waals surface area contributed by atoms with Gasteiger partial charge in [-0.05, 0) is 31.0 Å². The van der Waals surface area contributed by atoms with E-state index in [9.17, 15) is 18.8 Å². The van der Waals surface area contributed by atoms with Crippen molar-refractivity contribution in [1.82, 2.24) is 9.13 Å². The van der Waals surface area contributed by atoms with Crippen molar-refractivity contribution in [3.63, 3.8) is 0 Å². The third kappa shape index (κ3) is 3.62. The van der Waals surface area contributed by atoms with Gasteiger partial charge in [0.25, 0.3) is 5.56 Å². The molecule has 1 aromatic heterocycles. The van der Waals surface area contributed by atoms with Crippen LogP contribution in [0, 0.1) is 12.7 Å². The number of ketones is 1. The molecule has 2 rings (SSSR count). The number of Topliss-reactive ketones (excluding diaryl/α,β-unsaturated/α-hetero) is 1. The van der Waals surface area contributed by atoms with Gasteiger partial charge >= 0.3 is 5.69 Å². The van der Waals surface area contributed by atoms with Gasteiger partial charge in [0.2, 0.25) is 0 Å². The van der Waals surface area contributed by atoms with E-state index in [1.807, 2.05) is 6.92 Å². The predicted molar refractivity (Wildman–Crippen MR) is 94.6 cm³/mol. The molecular formula is C17H21FN4O3. The molecule has 1 aromatic carbocycles. The highest BCUT2D eigenvalue weighted by atomic mass is 19.1. The molecular weight excluding hydrogens is 327 g/mol. The van der Waals surface area contributed by atoms with E-state index in [0.29, 0.717) is 18.7 Å². The average Bonchev–Trinajstić information content (AvgIpc) is 2.57. The summed E-state index contributed by atoms with van der Waals surface area (Å²) in [5.41, 5.74) is 5.57. The molecule has 8 heteroatoms. The minimum atomic E-state index is -0.738. The topological polar surface area (TPSA) is 99.1 Å². The summed E-state index contributed by atoms with van der Waals surface area (Å²) < 4.78 is 15.4. The van der Waals surface area contributed by atoms with Gasteiger partial charge in [0.15, 0.2) is 5.78 Å². The lowest BCUT2D eigenvalue weighted by Gasteiger charge is -2.14. The number of hydrogen-bond donors (Lipinski definition) is 2. The number of benzene rings is 1. The lowest BCUT2D eigenvalue weighted by atomic mass is 10.1. The summed E-state index contributed by atoms with van der Waals surface area (Å²) in [4.78, 5) is 36.9. The number of nitrogens with zero attached hydrogens (tertiary/aromatic N) is 2. The standard InChI is InChI=1S/C17H21FN4O3/c1-4-7-22-15(19)14(16(24)21(3)17(22)25)13(23)9-20-12-8-11(18)6-5-10(12)2/h5-6,8,20H,4,7,9,19H2,1-3H3. The lowest BCUT2D eigenvalue weighted by Crippen LogP contribution is -2.43. The highest BCUT2D eigenvalue weighted by Gasteiger charge is 2.21. The molecule has 0 fully saturated rings. The number of nitrogens with one attached hydrogen (secondary N) is 1. The van der Waals surface area contributed by atoms with Crippen molar-refractivity contribution in [3.05, 3.63) is 56.0 Å². The number of anilines is 2. The van der Waals surface area contributed by atoms with Crippen molar-refractivity contribution in [2.45, 2.75) is 26.8 Å². The van der Waals surface area contributed by atoms with Gasteiger partial charge in [0.1, 0.15) is 17.2 Å². The molecule has 0 aliphatic heterocycles. The second-order valence-electron chi connectivity index (χ2n) is 5.79. The third-order valence-electron chi connectivity index (χ3n) is 3.95. The highest BCUT2D eigenvalue weighted by molar-refractivity contribution is 6.02. The number of nitrogens with two attached hydrogens (primary N) is 1. The number of carbonyl (C=O) groups excluding carboxylic acids is 1. The molecule has 0 aliphatic carbocycles. The summed E-state index contributed by atoms with van der Waals surface area (Å²) in [6.45, 7) is 3.68. The first kappa shape index (κ1) is 18.4. The van der Waals surface area contributed by atoms with Gasteiger partial charge < -0.3 is 11.1 Å². The Hall–Kier alpha value is -2.90. The molecule has 0 bridgehead atoms. The zero-order chi connectivity index (χ0) is 18.7. The van der Waals surface area contributed by atoms with Crippen molar-refractivity contribution in [2.75, 3.05) is 17.6 Å². The number of aryl methyl sites for hydroxylation is 1. The van der Waals surface area contributed by atoms with E-state index in [1.54, 1.807) is 13.0 Å². The fraction of sp³-hybridized carbons (Fsp3) is 0.353. The Morgan fingerprint density at radius 2 is 2.00 bits per heavy atom. The van der Waals surface area contributed by atoms with Gasteiger partial charge in [-0.1, -0.05) is 13.0 Å². The molecule has 0 amide bonds. The number of hydrogen-bond acceptors (Lipinski definition) is 5. The van der Waals surface area contributed by atoms with Gasteiger partial charge in [-0.15, -0.1) is 0 Å². The molecule has 0 saturated carbocycles. The van der Waals surface area contributed by atoms with Crippen molar-refractivity contribution < 1.29 is 9.18 Å². The van der Waals surface area contributed by atoms with E-state index in [-0.39, 0.29) is 17.9 Å². The van der Waals surface area contributed by atoms with Crippen LogP contribution in [0.5, 0.6) is 0 Å². The Kier molecular flexibility index (Phi) is 5.41. The summed E-state index contributed by atoms with van der Waals surface area (Å²) in [6, 6.07) is 4.16. The van der Waals surface area contributed by atoms with Crippen LogP contribution in [0.15, 0.2) is 27.8 Å². The second-order valence-corrected chi connectivity index (χ2v) is 5.79. The Bertz CT molecular complexity index is 931. The van der Waals surface area contributed by atoms with E-state index < -0.39 is 22.8 Å². The second kappa shape index (κ2) is 7.33. The van der Waals surface area contributed by atoms with E-state index in [0.717, 1.165) is 10.1 Å². The number of carbonyl (C=O) groups is 1. The number of halogens is 1. The Morgan fingerprint density at radius 1 is 1.32 bits per heavy atom. The van der Waals surface area contributed by atoms with Crippen LogP contribution in [0.4, 0.5) is 15.9 Å². The molecule has 0 aliphatic rings. The van der Waals surface area contributed by atoms with E-state index in [2.05, 4.69) is 5.32 Å². The normalized spacial score (nSPS) is 10.7. The maximum absolute atomic E-state index is 13.3. The van der Waals surface area contributed by atoms with E-state index in [4.69, 9.17) is 5.73 Å². The van der Waals surface area contributed by atoms with E-state index >= 15 is 0 Å². The minimum absolute atomic E-state index is 0.141. The van der Waals surface area contributed by atoms with Crippen LogP contribution >= 0.6 is 0 Å². The van der Waals surface area contributed by atoms with E-state index in [1.165, 1.54) is 23.7 Å². The molecule has 2 aromatic rings. The van der Waals surface area contributed by atoms with Crippen LogP contribution in [0.2, 0.25) is 0 Å². The third-order valence-corrected chi connectivity index (χ3v) is 3.95. The molecule has 7 nitrogen and oxygen atoms in total. The maximum Gasteiger partial charge on any atom is 0.332 e.